The van der Waals surface area contributed by atoms with Gasteiger partial charge < -0.3 is 9.47 Å². The van der Waals surface area contributed by atoms with E-state index in [1.165, 1.54) is 5.56 Å². The Morgan fingerprint density at radius 1 is 0.846 bits per heavy atom. The second-order valence-electron chi connectivity index (χ2n) is 5.76. The van der Waals surface area contributed by atoms with Crippen molar-refractivity contribution in [3.63, 3.8) is 0 Å². The summed E-state index contributed by atoms with van der Waals surface area (Å²) >= 11 is 0. The normalized spacial score (nSPS) is 11.1. The standard InChI is InChI=1S/C22H22N2O2/c1-25-19-13-14-22(26-2)21(16-19)24-23-20(18-11-7-4-8-12-18)15-17-9-5-3-6-10-17/h3-14,16,24H,15H2,1-2H3. The zero-order chi connectivity index (χ0) is 18.2. The Bertz CT molecular complexity index is 862. The van der Waals surface area contributed by atoms with Crippen molar-refractivity contribution in [1.29, 1.82) is 0 Å². The molecule has 4 heteroatoms. The molecule has 0 fully saturated rings. The SMILES string of the molecule is COc1ccc(OC)c(NN=C(Cc2ccccc2)c2ccccc2)c1. The predicted molar refractivity (Wildman–Crippen MR) is 106 cm³/mol. The van der Waals surface area contributed by atoms with Crippen LogP contribution in [0.15, 0.2) is 84.0 Å². The highest BCUT2D eigenvalue weighted by molar-refractivity contribution is 6.02. The average molecular weight is 346 g/mol. The first kappa shape index (κ1) is 17.5. The minimum atomic E-state index is 0.710. The molecule has 26 heavy (non-hydrogen) atoms. The number of nitrogens with one attached hydrogen (secondary N) is 1. The summed E-state index contributed by atoms with van der Waals surface area (Å²) in [6, 6.07) is 26.0. The number of hydrazone groups is 1. The molecule has 4 nitrogen and oxygen atoms in total. The lowest BCUT2D eigenvalue weighted by molar-refractivity contribution is 0.404. The van der Waals surface area contributed by atoms with E-state index < -0.39 is 0 Å². The van der Waals surface area contributed by atoms with Gasteiger partial charge in [0.2, 0.25) is 0 Å². The molecule has 132 valence electrons. The fraction of sp³-hybridized carbons (Fsp3) is 0.136. The Morgan fingerprint density at radius 2 is 1.54 bits per heavy atom. The molecule has 0 aromatic heterocycles. The molecule has 0 heterocycles. The van der Waals surface area contributed by atoms with Crippen molar-refractivity contribution in [1.82, 2.24) is 0 Å². The molecule has 0 aliphatic rings. The van der Waals surface area contributed by atoms with Crippen LogP contribution in [0.1, 0.15) is 11.1 Å². The molecule has 3 aromatic carbocycles. The number of benzene rings is 3. The van der Waals surface area contributed by atoms with Gasteiger partial charge in [0, 0.05) is 12.5 Å². The van der Waals surface area contributed by atoms with Crippen molar-refractivity contribution in [3.05, 3.63) is 90.0 Å². The molecule has 0 amide bonds. The van der Waals surface area contributed by atoms with E-state index in [2.05, 4.69) is 34.8 Å². The second-order valence-corrected chi connectivity index (χ2v) is 5.76. The third kappa shape index (κ3) is 4.42. The van der Waals surface area contributed by atoms with Crippen LogP contribution in [0.5, 0.6) is 11.5 Å². The maximum absolute atomic E-state index is 5.41. The van der Waals surface area contributed by atoms with Gasteiger partial charge >= 0.3 is 0 Å². The number of hydrogen-bond acceptors (Lipinski definition) is 4. The van der Waals surface area contributed by atoms with Gasteiger partial charge in [0.15, 0.2) is 0 Å². The molecule has 0 radical (unpaired) electrons. The molecular formula is C22H22N2O2. The lowest BCUT2D eigenvalue weighted by Gasteiger charge is -2.12. The predicted octanol–water partition coefficient (Wildman–Crippen LogP) is 4.76. The molecule has 0 bridgehead atoms. The molecule has 3 aromatic rings. The highest BCUT2D eigenvalue weighted by Gasteiger charge is 2.08. The number of methoxy groups -OCH3 is 2. The summed E-state index contributed by atoms with van der Waals surface area (Å²) < 4.78 is 10.7. The summed E-state index contributed by atoms with van der Waals surface area (Å²) in [5.41, 5.74) is 7.12. The molecule has 1 N–H and O–H groups in total. The van der Waals surface area contributed by atoms with Crippen LogP contribution < -0.4 is 14.9 Å². The van der Waals surface area contributed by atoms with Crippen LogP contribution in [0.2, 0.25) is 0 Å². The number of nitrogens with zero attached hydrogens (tertiary/aromatic N) is 1. The van der Waals surface area contributed by atoms with Crippen LogP contribution in [0, 0.1) is 0 Å². The molecule has 0 aliphatic heterocycles. The van der Waals surface area contributed by atoms with Crippen LogP contribution in [0.3, 0.4) is 0 Å². The largest absolute Gasteiger partial charge is 0.497 e. The third-order valence-corrected chi connectivity index (χ3v) is 4.04. The number of anilines is 1. The van der Waals surface area contributed by atoms with Gasteiger partial charge in [-0.1, -0.05) is 60.7 Å². The maximum Gasteiger partial charge on any atom is 0.144 e. The van der Waals surface area contributed by atoms with E-state index in [9.17, 15) is 0 Å². The summed E-state index contributed by atoms with van der Waals surface area (Å²) in [4.78, 5) is 0. The van der Waals surface area contributed by atoms with Gasteiger partial charge in [0.25, 0.3) is 0 Å². The van der Waals surface area contributed by atoms with Gasteiger partial charge in [-0.2, -0.15) is 5.10 Å². The van der Waals surface area contributed by atoms with Gasteiger partial charge in [-0.05, 0) is 23.3 Å². The van der Waals surface area contributed by atoms with Crippen molar-refractivity contribution in [2.24, 2.45) is 5.10 Å². The summed E-state index contributed by atoms with van der Waals surface area (Å²) in [5.74, 6) is 1.45. The zero-order valence-electron chi connectivity index (χ0n) is 15.0. The fourth-order valence-electron chi connectivity index (χ4n) is 2.66. The highest BCUT2D eigenvalue weighted by atomic mass is 16.5. The zero-order valence-corrected chi connectivity index (χ0v) is 15.0. The quantitative estimate of drug-likeness (QED) is 0.495. The summed E-state index contributed by atoms with van der Waals surface area (Å²) in [7, 11) is 3.28. The lowest BCUT2D eigenvalue weighted by atomic mass is 10.0. The van der Waals surface area contributed by atoms with Crippen molar-refractivity contribution < 1.29 is 9.47 Å². The molecule has 3 rings (SSSR count). The average Bonchev–Trinajstić information content (AvgIpc) is 2.72. The van der Waals surface area contributed by atoms with Crippen molar-refractivity contribution in [2.75, 3.05) is 19.6 Å². The van der Waals surface area contributed by atoms with Gasteiger partial charge in [-0.15, -0.1) is 0 Å². The van der Waals surface area contributed by atoms with E-state index in [-0.39, 0.29) is 0 Å². The van der Waals surface area contributed by atoms with E-state index in [1.54, 1.807) is 14.2 Å². The van der Waals surface area contributed by atoms with Crippen molar-refractivity contribution in [3.8, 4) is 11.5 Å². The third-order valence-electron chi connectivity index (χ3n) is 4.04. The molecule has 0 saturated heterocycles. The first-order valence-electron chi connectivity index (χ1n) is 8.44. The van der Waals surface area contributed by atoms with Crippen LogP contribution in [-0.2, 0) is 6.42 Å². The van der Waals surface area contributed by atoms with Crippen molar-refractivity contribution in [2.45, 2.75) is 6.42 Å². The van der Waals surface area contributed by atoms with Crippen LogP contribution in [-0.4, -0.2) is 19.9 Å². The Kier molecular flexibility index (Phi) is 5.88. The topological polar surface area (TPSA) is 42.9 Å². The fourth-order valence-corrected chi connectivity index (χ4v) is 2.66. The Morgan fingerprint density at radius 3 is 2.19 bits per heavy atom. The van der Waals surface area contributed by atoms with Gasteiger partial charge in [-0.3, -0.25) is 5.43 Å². The molecule has 0 aliphatic carbocycles. The number of rotatable bonds is 7. The van der Waals surface area contributed by atoms with E-state index in [0.29, 0.717) is 5.75 Å². The molecule has 0 unspecified atom stereocenters. The Hall–Kier alpha value is -3.27. The van der Waals surface area contributed by atoms with Crippen LogP contribution >= 0.6 is 0 Å². The molecule has 0 saturated carbocycles. The van der Waals surface area contributed by atoms with Gasteiger partial charge in [0.1, 0.15) is 17.2 Å². The molecule has 0 spiro atoms. The second kappa shape index (κ2) is 8.72. The van der Waals surface area contributed by atoms with Crippen LogP contribution in [0.25, 0.3) is 0 Å². The monoisotopic (exact) mass is 346 g/mol. The van der Waals surface area contributed by atoms with Gasteiger partial charge in [0.05, 0.1) is 19.9 Å². The Balaban J connectivity index is 1.92. The summed E-state index contributed by atoms with van der Waals surface area (Å²) in [6.07, 6.45) is 0.726. The smallest absolute Gasteiger partial charge is 0.144 e. The van der Waals surface area contributed by atoms with Crippen molar-refractivity contribution >= 4 is 11.4 Å². The minimum absolute atomic E-state index is 0.710. The summed E-state index contributed by atoms with van der Waals surface area (Å²) in [6.45, 7) is 0. The first-order valence-corrected chi connectivity index (χ1v) is 8.44. The molecular weight excluding hydrogens is 324 g/mol. The maximum atomic E-state index is 5.41. The highest BCUT2D eigenvalue weighted by Crippen LogP contribution is 2.29. The molecule has 0 atom stereocenters. The van der Waals surface area contributed by atoms with E-state index in [1.807, 2.05) is 54.6 Å². The van der Waals surface area contributed by atoms with E-state index in [4.69, 9.17) is 9.47 Å². The Labute approximate surface area is 154 Å². The lowest BCUT2D eigenvalue weighted by Crippen LogP contribution is -2.08. The summed E-state index contributed by atoms with van der Waals surface area (Å²) in [5, 5.41) is 4.67. The first-order chi connectivity index (χ1) is 12.8. The minimum Gasteiger partial charge on any atom is -0.497 e. The van der Waals surface area contributed by atoms with Gasteiger partial charge in [-0.25, -0.2) is 0 Å². The van der Waals surface area contributed by atoms with E-state index in [0.717, 1.165) is 29.1 Å². The van der Waals surface area contributed by atoms with E-state index >= 15 is 0 Å². The number of ether oxygens (including phenoxy) is 2. The van der Waals surface area contributed by atoms with Crippen LogP contribution in [0.4, 0.5) is 5.69 Å². The number of hydrogen-bond donors (Lipinski definition) is 1.